The van der Waals surface area contributed by atoms with Crippen LogP contribution >= 0.6 is 0 Å². The van der Waals surface area contributed by atoms with Crippen LogP contribution in [-0.4, -0.2) is 24.4 Å². The number of nitrogens with one attached hydrogen (secondary N) is 1. The zero-order chi connectivity index (χ0) is 13.7. The van der Waals surface area contributed by atoms with E-state index in [0.29, 0.717) is 6.42 Å². The van der Waals surface area contributed by atoms with Crippen LogP contribution in [0.15, 0.2) is 24.3 Å². The molecule has 0 unspecified atom stereocenters. The van der Waals surface area contributed by atoms with E-state index in [9.17, 15) is 4.79 Å². The van der Waals surface area contributed by atoms with Crippen molar-refractivity contribution in [3.05, 3.63) is 35.4 Å². The van der Waals surface area contributed by atoms with Crippen molar-refractivity contribution in [1.29, 1.82) is 0 Å². The summed E-state index contributed by atoms with van der Waals surface area (Å²) in [6.45, 7) is 2.04. The number of nitrogens with two attached hydrogens (primary N) is 1. The number of carbonyl (C=O) groups excluding carboxylic acids is 1. The number of hydrazine groups is 1. The topological polar surface area (TPSA) is 58.4 Å². The fraction of sp³-hybridized carbons (Fsp3) is 0.533. The first-order valence-electron chi connectivity index (χ1n) is 6.94. The standard InChI is InChI=1S/C15H23N3O/c1-18(10-12-5-4-6-12)11-14-8-3-2-7-13(14)9-15(19)17-16/h2-3,7-8,12H,4-6,9-11,16H2,1H3,(H,17,19). The van der Waals surface area contributed by atoms with Crippen molar-refractivity contribution in [2.24, 2.45) is 11.8 Å². The average molecular weight is 261 g/mol. The molecule has 1 aliphatic rings. The Kier molecular flexibility index (Phi) is 4.93. The third-order valence-electron chi connectivity index (χ3n) is 3.87. The van der Waals surface area contributed by atoms with E-state index in [1.165, 1.54) is 24.8 Å². The van der Waals surface area contributed by atoms with Crippen LogP contribution in [0.4, 0.5) is 0 Å². The lowest BCUT2D eigenvalue weighted by Crippen LogP contribution is -2.32. The van der Waals surface area contributed by atoms with Gasteiger partial charge < -0.3 is 4.90 Å². The Balaban J connectivity index is 1.95. The summed E-state index contributed by atoms with van der Waals surface area (Å²) in [5.74, 6) is 5.87. The molecule has 0 heterocycles. The van der Waals surface area contributed by atoms with Gasteiger partial charge in [-0.3, -0.25) is 10.2 Å². The summed E-state index contributed by atoms with van der Waals surface area (Å²) in [7, 11) is 2.15. The quantitative estimate of drug-likeness (QED) is 0.463. The number of amides is 1. The first kappa shape index (κ1) is 14.0. The Morgan fingerprint density at radius 2 is 2.05 bits per heavy atom. The third kappa shape index (κ3) is 4.04. The number of hydrogen-bond acceptors (Lipinski definition) is 3. The van der Waals surface area contributed by atoms with Gasteiger partial charge in [-0.05, 0) is 36.9 Å². The molecule has 0 saturated heterocycles. The second-order valence-corrected chi connectivity index (χ2v) is 5.51. The van der Waals surface area contributed by atoms with Crippen molar-refractivity contribution in [3.63, 3.8) is 0 Å². The summed E-state index contributed by atoms with van der Waals surface area (Å²) >= 11 is 0. The monoisotopic (exact) mass is 261 g/mol. The molecule has 0 aromatic heterocycles. The normalized spacial score (nSPS) is 15.3. The van der Waals surface area contributed by atoms with Gasteiger partial charge in [0.25, 0.3) is 0 Å². The van der Waals surface area contributed by atoms with Crippen LogP contribution in [0.3, 0.4) is 0 Å². The van der Waals surface area contributed by atoms with Gasteiger partial charge in [0.15, 0.2) is 0 Å². The van der Waals surface area contributed by atoms with Crippen LogP contribution in [0.1, 0.15) is 30.4 Å². The van der Waals surface area contributed by atoms with Gasteiger partial charge in [0.2, 0.25) is 5.91 Å². The lowest BCUT2D eigenvalue weighted by Gasteiger charge is -2.30. The number of carbonyl (C=O) groups is 1. The number of nitrogens with zero attached hydrogens (tertiary/aromatic N) is 1. The van der Waals surface area contributed by atoms with Gasteiger partial charge in [-0.25, -0.2) is 5.84 Å². The molecule has 1 saturated carbocycles. The van der Waals surface area contributed by atoms with E-state index in [2.05, 4.69) is 23.4 Å². The molecule has 4 heteroatoms. The maximum atomic E-state index is 11.4. The van der Waals surface area contributed by atoms with Crippen molar-refractivity contribution in [2.75, 3.05) is 13.6 Å². The van der Waals surface area contributed by atoms with E-state index in [1.54, 1.807) is 0 Å². The lowest BCUT2D eigenvalue weighted by molar-refractivity contribution is -0.120. The minimum absolute atomic E-state index is 0.144. The Hall–Kier alpha value is -1.39. The highest BCUT2D eigenvalue weighted by Gasteiger charge is 2.19. The van der Waals surface area contributed by atoms with Crippen LogP contribution in [0.5, 0.6) is 0 Å². The minimum Gasteiger partial charge on any atom is -0.302 e. The Morgan fingerprint density at radius 3 is 2.63 bits per heavy atom. The maximum absolute atomic E-state index is 11.4. The Labute approximate surface area is 114 Å². The van der Waals surface area contributed by atoms with Crippen LogP contribution in [-0.2, 0) is 17.8 Å². The van der Waals surface area contributed by atoms with Crippen LogP contribution in [0.2, 0.25) is 0 Å². The van der Waals surface area contributed by atoms with Crippen LogP contribution < -0.4 is 11.3 Å². The highest BCUT2D eigenvalue weighted by molar-refractivity contribution is 5.78. The molecule has 19 heavy (non-hydrogen) atoms. The van der Waals surface area contributed by atoms with Crippen molar-refractivity contribution in [1.82, 2.24) is 10.3 Å². The van der Waals surface area contributed by atoms with Gasteiger partial charge in [0, 0.05) is 13.1 Å². The molecule has 0 bridgehead atoms. The SMILES string of the molecule is CN(Cc1ccccc1CC(=O)NN)CC1CCC1. The number of hydrogen-bond donors (Lipinski definition) is 2. The highest BCUT2D eigenvalue weighted by atomic mass is 16.2. The molecule has 1 aromatic carbocycles. The summed E-state index contributed by atoms with van der Waals surface area (Å²) in [6, 6.07) is 8.09. The molecule has 0 atom stereocenters. The van der Waals surface area contributed by atoms with Crippen LogP contribution in [0.25, 0.3) is 0 Å². The summed E-state index contributed by atoms with van der Waals surface area (Å²) in [4.78, 5) is 13.8. The minimum atomic E-state index is -0.144. The number of rotatable bonds is 6. The zero-order valence-electron chi connectivity index (χ0n) is 11.6. The molecule has 1 fully saturated rings. The summed E-state index contributed by atoms with van der Waals surface area (Å²) in [5.41, 5.74) is 4.47. The van der Waals surface area contributed by atoms with E-state index in [4.69, 9.17) is 5.84 Å². The molecule has 104 valence electrons. The summed E-state index contributed by atoms with van der Waals surface area (Å²) < 4.78 is 0. The molecule has 1 amide bonds. The molecule has 0 aliphatic heterocycles. The Morgan fingerprint density at radius 1 is 1.37 bits per heavy atom. The van der Waals surface area contributed by atoms with Gasteiger partial charge >= 0.3 is 0 Å². The fourth-order valence-corrected chi connectivity index (χ4v) is 2.58. The Bertz CT molecular complexity index is 429. The summed E-state index contributed by atoms with van der Waals surface area (Å²) in [5, 5.41) is 0. The van der Waals surface area contributed by atoms with Gasteiger partial charge in [-0.1, -0.05) is 30.7 Å². The van der Waals surface area contributed by atoms with E-state index < -0.39 is 0 Å². The predicted molar refractivity (Wildman–Crippen MR) is 76.2 cm³/mol. The molecular formula is C15H23N3O. The lowest BCUT2D eigenvalue weighted by atomic mass is 9.85. The largest absolute Gasteiger partial charge is 0.302 e. The van der Waals surface area contributed by atoms with Crippen LogP contribution in [0, 0.1) is 5.92 Å². The van der Waals surface area contributed by atoms with Crippen molar-refractivity contribution >= 4 is 5.91 Å². The highest BCUT2D eigenvalue weighted by Crippen LogP contribution is 2.27. The smallest absolute Gasteiger partial charge is 0.238 e. The zero-order valence-corrected chi connectivity index (χ0v) is 11.6. The molecule has 2 rings (SSSR count). The second-order valence-electron chi connectivity index (χ2n) is 5.51. The van der Waals surface area contributed by atoms with Gasteiger partial charge in [-0.2, -0.15) is 0 Å². The molecule has 0 radical (unpaired) electrons. The van der Waals surface area contributed by atoms with E-state index in [-0.39, 0.29) is 5.91 Å². The van der Waals surface area contributed by atoms with Crippen molar-refractivity contribution < 1.29 is 4.79 Å². The molecule has 1 aliphatic carbocycles. The molecule has 3 N–H and O–H groups in total. The second kappa shape index (κ2) is 6.68. The van der Waals surface area contributed by atoms with E-state index in [0.717, 1.165) is 24.6 Å². The summed E-state index contributed by atoms with van der Waals surface area (Å²) in [6.07, 6.45) is 4.46. The third-order valence-corrected chi connectivity index (χ3v) is 3.87. The van der Waals surface area contributed by atoms with E-state index in [1.807, 2.05) is 18.2 Å². The van der Waals surface area contributed by atoms with Gasteiger partial charge in [0.1, 0.15) is 0 Å². The van der Waals surface area contributed by atoms with Gasteiger partial charge in [-0.15, -0.1) is 0 Å². The van der Waals surface area contributed by atoms with Gasteiger partial charge in [0.05, 0.1) is 6.42 Å². The van der Waals surface area contributed by atoms with E-state index >= 15 is 0 Å². The molecule has 1 aromatic rings. The van der Waals surface area contributed by atoms with Crippen molar-refractivity contribution in [2.45, 2.75) is 32.2 Å². The predicted octanol–water partition coefficient (Wildman–Crippen LogP) is 1.45. The average Bonchev–Trinajstić information content (AvgIpc) is 2.36. The first-order chi connectivity index (χ1) is 9.19. The van der Waals surface area contributed by atoms with Crippen molar-refractivity contribution in [3.8, 4) is 0 Å². The first-order valence-corrected chi connectivity index (χ1v) is 6.94. The molecule has 0 spiro atoms. The fourth-order valence-electron chi connectivity index (χ4n) is 2.58. The molecular weight excluding hydrogens is 238 g/mol. The molecule has 4 nitrogen and oxygen atoms in total. The maximum Gasteiger partial charge on any atom is 0.238 e. The number of benzene rings is 1.